The lowest BCUT2D eigenvalue weighted by atomic mass is 9.98. The van der Waals surface area contributed by atoms with Gasteiger partial charge in [-0.1, -0.05) is 142 Å². The molecule has 0 radical (unpaired) electrons. The summed E-state index contributed by atoms with van der Waals surface area (Å²) in [5.74, 6) is -0.507. The second kappa shape index (κ2) is 22.4. The smallest absolute Gasteiger partial charge is 0.116 e. The lowest BCUT2D eigenvalue weighted by Crippen LogP contribution is -2.10. The van der Waals surface area contributed by atoms with Gasteiger partial charge in [-0.05, 0) is 157 Å². The number of halogens is 2. The van der Waals surface area contributed by atoms with Gasteiger partial charge in [0.2, 0.25) is 0 Å². The molecule has 1 aliphatic rings. The SMILES string of the molecule is C=C(F)/C=C(\C=CC)c1ccc(N(c2ccccc2)c2ccc(CCCCCCCCCc3ccc(N(c4ccccc4)c4ccc(C5=CCCC(F)=C5)cc4)cc3)cc2)cc1. The van der Waals surface area contributed by atoms with Crippen molar-refractivity contribution in [2.45, 2.75) is 77.6 Å². The summed E-state index contributed by atoms with van der Waals surface area (Å²) in [6.45, 7) is 5.35. The van der Waals surface area contributed by atoms with Crippen molar-refractivity contribution in [1.29, 1.82) is 0 Å². The molecule has 0 fully saturated rings. The number of aryl methyl sites for hydroxylation is 2. The van der Waals surface area contributed by atoms with Crippen LogP contribution in [0, 0.1) is 0 Å². The molecule has 4 heteroatoms. The van der Waals surface area contributed by atoms with E-state index < -0.39 is 5.83 Å². The van der Waals surface area contributed by atoms with Gasteiger partial charge in [0, 0.05) is 40.5 Å². The molecule has 0 saturated carbocycles. The molecule has 62 heavy (non-hydrogen) atoms. The van der Waals surface area contributed by atoms with E-state index in [9.17, 15) is 8.78 Å². The Morgan fingerprint density at radius 1 is 0.548 bits per heavy atom. The lowest BCUT2D eigenvalue weighted by molar-refractivity contribution is 0.579. The fraction of sp³-hybridized carbons (Fsp3) is 0.207. The van der Waals surface area contributed by atoms with Crippen LogP contribution < -0.4 is 9.80 Å². The summed E-state index contributed by atoms with van der Waals surface area (Å²) in [7, 11) is 0. The molecule has 0 bridgehead atoms. The normalized spacial score (nSPS) is 12.9. The zero-order valence-electron chi connectivity index (χ0n) is 36.0. The standard InChI is InChI=1S/C58H58F2N2/c1-3-18-50(43-45(2)59)48-31-39-57(40-32-48)61(53-23-13-9-14-24-53)55-35-27-46(28-36-55)19-11-7-5-4-6-8-12-20-47-29-37-56(38-30-47)62(54-25-15-10-16-26-54)58-41-33-49(34-42-58)51-21-17-22-52(60)44-51/h3,9-10,13-16,18,21,23-44H,2,4-8,11-12,17,19-20,22H2,1H3/b18-3?,50-43+. The molecule has 0 aliphatic heterocycles. The van der Waals surface area contributed by atoms with E-state index in [-0.39, 0.29) is 5.83 Å². The Kier molecular flexibility index (Phi) is 15.7. The van der Waals surface area contributed by atoms with Crippen LogP contribution in [-0.2, 0) is 12.8 Å². The molecular formula is C58H58F2N2. The third-order valence-corrected chi connectivity index (χ3v) is 11.5. The molecule has 0 heterocycles. The van der Waals surface area contributed by atoms with Gasteiger partial charge in [0.25, 0.3) is 0 Å². The molecule has 0 atom stereocenters. The number of allylic oxidation sites excluding steroid dienone is 9. The van der Waals surface area contributed by atoms with Gasteiger partial charge in [-0.3, -0.25) is 0 Å². The minimum Gasteiger partial charge on any atom is -0.311 e. The third kappa shape index (κ3) is 12.1. The second-order valence-corrected chi connectivity index (χ2v) is 16.1. The highest BCUT2D eigenvalue weighted by Gasteiger charge is 2.15. The minimum absolute atomic E-state index is 0.0466. The van der Waals surface area contributed by atoms with Gasteiger partial charge in [-0.2, -0.15) is 0 Å². The molecule has 0 aromatic heterocycles. The number of hydrogen-bond donors (Lipinski definition) is 0. The van der Waals surface area contributed by atoms with E-state index in [1.54, 1.807) is 6.08 Å². The summed E-state index contributed by atoms with van der Waals surface area (Å²) in [5.41, 5.74) is 13.0. The number of unbranched alkanes of at least 4 members (excludes halogenated alkanes) is 6. The summed E-state index contributed by atoms with van der Waals surface area (Å²) in [6.07, 6.45) is 21.2. The minimum atomic E-state index is -0.461. The fourth-order valence-corrected chi connectivity index (χ4v) is 8.26. The Bertz CT molecular complexity index is 2440. The third-order valence-electron chi connectivity index (χ3n) is 11.5. The molecule has 7 rings (SSSR count). The first kappa shape index (κ1) is 43.6. The van der Waals surface area contributed by atoms with Crippen LogP contribution in [0.15, 0.2) is 206 Å². The van der Waals surface area contributed by atoms with E-state index in [2.05, 4.69) is 156 Å². The lowest BCUT2D eigenvalue weighted by Gasteiger charge is -2.26. The van der Waals surface area contributed by atoms with Crippen molar-refractivity contribution in [3.05, 3.63) is 229 Å². The molecule has 0 spiro atoms. The average molecular weight is 821 g/mol. The Labute approximate surface area is 368 Å². The van der Waals surface area contributed by atoms with Crippen LogP contribution in [0.25, 0.3) is 11.1 Å². The molecule has 6 aromatic rings. The monoisotopic (exact) mass is 820 g/mol. The van der Waals surface area contributed by atoms with Gasteiger partial charge in [0.1, 0.15) is 11.7 Å². The van der Waals surface area contributed by atoms with Gasteiger partial charge in [0.15, 0.2) is 0 Å². The quantitative estimate of drug-likeness (QED) is 0.0559. The highest BCUT2D eigenvalue weighted by Crippen LogP contribution is 2.37. The first-order valence-corrected chi connectivity index (χ1v) is 22.3. The molecule has 0 unspecified atom stereocenters. The molecule has 0 saturated heterocycles. The Hall–Kier alpha value is -6.52. The molecule has 1 aliphatic carbocycles. The topological polar surface area (TPSA) is 6.48 Å². The molecule has 6 aromatic carbocycles. The number of anilines is 6. The second-order valence-electron chi connectivity index (χ2n) is 16.1. The van der Waals surface area contributed by atoms with Crippen LogP contribution >= 0.6 is 0 Å². The van der Waals surface area contributed by atoms with Crippen LogP contribution in [0.4, 0.5) is 42.9 Å². The summed E-state index contributed by atoms with van der Waals surface area (Å²) >= 11 is 0. The summed E-state index contributed by atoms with van der Waals surface area (Å²) < 4.78 is 27.6. The van der Waals surface area contributed by atoms with E-state index in [0.29, 0.717) is 6.42 Å². The number of para-hydroxylation sites is 2. The zero-order valence-corrected chi connectivity index (χ0v) is 36.0. The molecular weight excluding hydrogens is 763 g/mol. The van der Waals surface area contributed by atoms with E-state index in [1.807, 2.05) is 43.3 Å². The van der Waals surface area contributed by atoms with Crippen molar-refractivity contribution in [2.24, 2.45) is 0 Å². The largest absolute Gasteiger partial charge is 0.311 e. The maximum absolute atomic E-state index is 14.0. The highest BCUT2D eigenvalue weighted by atomic mass is 19.1. The molecule has 0 N–H and O–H groups in total. The van der Waals surface area contributed by atoms with Crippen LogP contribution in [0.5, 0.6) is 0 Å². The molecule has 0 amide bonds. The van der Waals surface area contributed by atoms with Crippen LogP contribution in [0.3, 0.4) is 0 Å². The van der Waals surface area contributed by atoms with Crippen molar-refractivity contribution in [1.82, 2.24) is 0 Å². The summed E-state index contributed by atoms with van der Waals surface area (Å²) in [6, 6.07) is 55.6. The zero-order chi connectivity index (χ0) is 42.9. The van der Waals surface area contributed by atoms with Crippen molar-refractivity contribution in [2.75, 3.05) is 9.80 Å². The van der Waals surface area contributed by atoms with E-state index in [4.69, 9.17) is 0 Å². The predicted molar refractivity (Wildman–Crippen MR) is 261 cm³/mol. The van der Waals surface area contributed by atoms with E-state index >= 15 is 0 Å². The van der Waals surface area contributed by atoms with E-state index in [0.717, 1.165) is 75.7 Å². The number of hydrogen-bond acceptors (Lipinski definition) is 2. The van der Waals surface area contributed by atoms with Gasteiger partial charge < -0.3 is 9.80 Å². The van der Waals surface area contributed by atoms with Crippen molar-refractivity contribution < 1.29 is 8.78 Å². The van der Waals surface area contributed by atoms with Crippen LogP contribution in [0.2, 0.25) is 0 Å². The van der Waals surface area contributed by atoms with Gasteiger partial charge >= 0.3 is 0 Å². The van der Waals surface area contributed by atoms with Crippen molar-refractivity contribution >= 4 is 45.3 Å². The van der Waals surface area contributed by atoms with Crippen molar-refractivity contribution in [3.63, 3.8) is 0 Å². The van der Waals surface area contributed by atoms with Crippen LogP contribution in [0.1, 0.15) is 87.0 Å². The van der Waals surface area contributed by atoms with E-state index in [1.165, 1.54) is 62.1 Å². The fourth-order valence-electron chi connectivity index (χ4n) is 8.26. The van der Waals surface area contributed by atoms with Crippen molar-refractivity contribution in [3.8, 4) is 0 Å². The number of benzene rings is 6. The highest BCUT2D eigenvalue weighted by molar-refractivity contribution is 5.82. The van der Waals surface area contributed by atoms with Gasteiger partial charge in [0.05, 0.1) is 0 Å². The molecule has 314 valence electrons. The maximum atomic E-state index is 14.0. The first-order valence-electron chi connectivity index (χ1n) is 22.3. The Morgan fingerprint density at radius 2 is 0.968 bits per heavy atom. The van der Waals surface area contributed by atoms with Crippen LogP contribution in [-0.4, -0.2) is 0 Å². The Morgan fingerprint density at radius 3 is 1.40 bits per heavy atom. The summed E-state index contributed by atoms with van der Waals surface area (Å²) in [5, 5.41) is 0. The van der Waals surface area contributed by atoms with Gasteiger partial charge in [-0.15, -0.1) is 0 Å². The predicted octanol–water partition coefficient (Wildman–Crippen LogP) is 17.6. The molecule has 2 nitrogen and oxygen atoms in total. The maximum Gasteiger partial charge on any atom is 0.116 e. The number of rotatable bonds is 20. The summed E-state index contributed by atoms with van der Waals surface area (Å²) in [4.78, 5) is 4.54. The average Bonchev–Trinajstić information content (AvgIpc) is 3.30. The first-order chi connectivity index (χ1) is 30.4. The van der Waals surface area contributed by atoms with Gasteiger partial charge in [-0.25, -0.2) is 8.78 Å². The Balaban J connectivity index is 0.853. The number of nitrogens with zero attached hydrogens (tertiary/aromatic N) is 2.